The zero-order chi connectivity index (χ0) is 15.9. The molecule has 23 heavy (non-hydrogen) atoms. The van der Waals surface area contributed by atoms with Crippen molar-refractivity contribution in [1.29, 1.82) is 0 Å². The maximum Gasteiger partial charge on any atom is 0.261 e. The molecule has 0 radical (unpaired) electrons. The van der Waals surface area contributed by atoms with E-state index in [0.29, 0.717) is 5.02 Å². The summed E-state index contributed by atoms with van der Waals surface area (Å²) in [4.78, 5) is 16.5. The lowest BCUT2D eigenvalue weighted by atomic mass is 9.97. The van der Waals surface area contributed by atoms with Crippen molar-refractivity contribution in [1.82, 2.24) is 5.32 Å². The van der Waals surface area contributed by atoms with E-state index in [1.54, 1.807) is 0 Å². The molecule has 1 amide bonds. The summed E-state index contributed by atoms with van der Waals surface area (Å²) < 4.78 is 0. The SMILES string of the molecule is Cl.NC(=NC1CCCCCCC1)NC(=O)c1cc(Cl)ccc1O. The van der Waals surface area contributed by atoms with Crippen molar-refractivity contribution >= 4 is 35.9 Å². The Kier molecular flexibility index (Phi) is 8.20. The normalized spacial score (nSPS) is 16.8. The van der Waals surface area contributed by atoms with Crippen LogP contribution in [-0.4, -0.2) is 23.0 Å². The summed E-state index contributed by atoms with van der Waals surface area (Å²) in [6, 6.07) is 4.45. The first-order chi connectivity index (χ1) is 10.6. The van der Waals surface area contributed by atoms with Crippen LogP contribution in [0.15, 0.2) is 23.2 Å². The molecule has 5 nitrogen and oxygen atoms in total. The third kappa shape index (κ3) is 6.28. The zero-order valence-corrected chi connectivity index (χ0v) is 14.5. The lowest BCUT2D eigenvalue weighted by Crippen LogP contribution is -2.38. The van der Waals surface area contributed by atoms with E-state index in [1.165, 1.54) is 37.5 Å². The maximum atomic E-state index is 12.1. The molecule has 0 aliphatic heterocycles. The van der Waals surface area contributed by atoms with Crippen molar-refractivity contribution in [3.05, 3.63) is 28.8 Å². The number of amides is 1. The smallest absolute Gasteiger partial charge is 0.261 e. The van der Waals surface area contributed by atoms with Crippen LogP contribution >= 0.6 is 24.0 Å². The van der Waals surface area contributed by atoms with Gasteiger partial charge in [0, 0.05) is 5.02 Å². The van der Waals surface area contributed by atoms with Gasteiger partial charge in [-0.3, -0.25) is 10.1 Å². The second kappa shape index (κ2) is 9.63. The van der Waals surface area contributed by atoms with Gasteiger partial charge in [0.1, 0.15) is 5.75 Å². The van der Waals surface area contributed by atoms with E-state index < -0.39 is 5.91 Å². The molecule has 128 valence electrons. The maximum absolute atomic E-state index is 12.1. The first kappa shape index (κ1) is 19.6. The second-order valence-corrected chi connectivity index (χ2v) is 6.07. The standard InChI is InChI=1S/C16H22ClN3O2.ClH/c17-11-8-9-14(21)13(10-11)15(22)20-16(18)19-12-6-4-2-1-3-5-7-12;/h8-10,12,21H,1-7H2,(H3,18,19,20,22);1H. The average Bonchev–Trinajstić information content (AvgIpc) is 2.44. The number of benzene rings is 1. The molecule has 2 rings (SSSR count). The minimum Gasteiger partial charge on any atom is -0.507 e. The molecule has 0 atom stereocenters. The third-order valence-electron chi connectivity index (χ3n) is 3.84. The molecule has 0 aromatic heterocycles. The molecule has 1 aromatic carbocycles. The van der Waals surface area contributed by atoms with E-state index in [9.17, 15) is 9.90 Å². The summed E-state index contributed by atoms with van der Waals surface area (Å²) >= 11 is 5.83. The number of aromatic hydroxyl groups is 1. The molecule has 0 bridgehead atoms. The van der Waals surface area contributed by atoms with Gasteiger partial charge in [0.15, 0.2) is 5.96 Å². The van der Waals surface area contributed by atoms with E-state index in [4.69, 9.17) is 17.3 Å². The minimum atomic E-state index is -0.507. The number of nitrogens with two attached hydrogens (primary N) is 1. The number of phenols is 1. The van der Waals surface area contributed by atoms with Gasteiger partial charge in [-0.15, -0.1) is 12.4 Å². The van der Waals surface area contributed by atoms with Crippen LogP contribution < -0.4 is 11.1 Å². The van der Waals surface area contributed by atoms with Crippen LogP contribution in [0.4, 0.5) is 0 Å². The Bertz CT molecular complexity index is 556. The van der Waals surface area contributed by atoms with Crippen molar-refractivity contribution in [2.75, 3.05) is 0 Å². The highest BCUT2D eigenvalue weighted by Gasteiger charge is 2.15. The second-order valence-electron chi connectivity index (χ2n) is 5.63. The molecule has 0 heterocycles. The molecule has 0 spiro atoms. The highest BCUT2D eigenvalue weighted by atomic mass is 35.5. The Hall–Kier alpha value is -1.46. The van der Waals surface area contributed by atoms with Gasteiger partial charge >= 0.3 is 0 Å². The molecule has 1 aliphatic carbocycles. The van der Waals surface area contributed by atoms with Crippen LogP contribution in [-0.2, 0) is 0 Å². The molecule has 1 aromatic rings. The molecule has 4 N–H and O–H groups in total. The van der Waals surface area contributed by atoms with Gasteiger partial charge in [0.2, 0.25) is 0 Å². The summed E-state index contributed by atoms with van der Waals surface area (Å²) in [5, 5.41) is 12.6. The van der Waals surface area contributed by atoms with Crippen LogP contribution in [0.2, 0.25) is 5.02 Å². The highest BCUT2D eigenvalue weighted by molar-refractivity contribution is 6.31. The Balaban J connectivity index is 0.00000264. The van der Waals surface area contributed by atoms with Crippen molar-refractivity contribution < 1.29 is 9.90 Å². The van der Waals surface area contributed by atoms with E-state index in [1.807, 2.05) is 0 Å². The number of nitrogens with zero attached hydrogens (tertiary/aromatic N) is 1. The lowest BCUT2D eigenvalue weighted by molar-refractivity contribution is 0.0974. The van der Waals surface area contributed by atoms with Crippen LogP contribution in [0.5, 0.6) is 5.75 Å². The van der Waals surface area contributed by atoms with E-state index in [-0.39, 0.29) is 35.7 Å². The third-order valence-corrected chi connectivity index (χ3v) is 4.08. The first-order valence-corrected chi connectivity index (χ1v) is 8.07. The number of hydrogen-bond donors (Lipinski definition) is 3. The summed E-state index contributed by atoms with van der Waals surface area (Å²) in [6.45, 7) is 0. The summed E-state index contributed by atoms with van der Waals surface area (Å²) in [5.41, 5.74) is 5.91. The molecule has 0 saturated heterocycles. The number of halogens is 2. The Morgan fingerprint density at radius 3 is 2.48 bits per heavy atom. The van der Waals surface area contributed by atoms with Crippen LogP contribution in [0.25, 0.3) is 0 Å². The van der Waals surface area contributed by atoms with Crippen molar-refractivity contribution in [3.8, 4) is 5.75 Å². The van der Waals surface area contributed by atoms with Gasteiger partial charge < -0.3 is 10.8 Å². The summed E-state index contributed by atoms with van der Waals surface area (Å²) in [6.07, 6.45) is 8.03. The highest BCUT2D eigenvalue weighted by Crippen LogP contribution is 2.21. The molecule has 1 aliphatic rings. The fourth-order valence-electron chi connectivity index (χ4n) is 2.67. The van der Waals surface area contributed by atoms with Crippen molar-refractivity contribution in [2.45, 2.75) is 51.0 Å². The monoisotopic (exact) mass is 359 g/mol. The zero-order valence-electron chi connectivity index (χ0n) is 12.9. The summed E-state index contributed by atoms with van der Waals surface area (Å²) in [5.74, 6) is -0.553. The van der Waals surface area contributed by atoms with Crippen molar-refractivity contribution in [3.63, 3.8) is 0 Å². The molecule has 1 saturated carbocycles. The van der Waals surface area contributed by atoms with E-state index in [2.05, 4.69) is 10.3 Å². The number of phenolic OH excluding ortho intramolecular Hbond substituents is 1. The molecule has 1 fully saturated rings. The molecular weight excluding hydrogens is 337 g/mol. The Morgan fingerprint density at radius 2 is 1.83 bits per heavy atom. The molecule has 0 unspecified atom stereocenters. The van der Waals surface area contributed by atoms with Crippen LogP contribution in [0, 0.1) is 0 Å². The van der Waals surface area contributed by atoms with Crippen molar-refractivity contribution in [2.24, 2.45) is 10.7 Å². The van der Waals surface area contributed by atoms with Gasteiger partial charge in [-0.2, -0.15) is 0 Å². The fourth-order valence-corrected chi connectivity index (χ4v) is 2.84. The largest absolute Gasteiger partial charge is 0.507 e. The van der Waals surface area contributed by atoms with E-state index in [0.717, 1.165) is 25.7 Å². The fraction of sp³-hybridized carbons (Fsp3) is 0.500. The number of carbonyl (C=O) groups excluding carboxylic acids is 1. The lowest BCUT2D eigenvalue weighted by Gasteiger charge is -2.16. The number of aliphatic imine (C=N–C) groups is 1. The minimum absolute atomic E-state index is 0. The number of guanidine groups is 1. The quantitative estimate of drug-likeness (QED) is 0.556. The molecule has 7 heteroatoms. The van der Waals surface area contributed by atoms with Gasteiger partial charge in [-0.25, -0.2) is 4.99 Å². The van der Waals surface area contributed by atoms with Gasteiger partial charge in [0.05, 0.1) is 11.6 Å². The van der Waals surface area contributed by atoms with Gasteiger partial charge in [0.25, 0.3) is 5.91 Å². The Morgan fingerprint density at radius 1 is 1.22 bits per heavy atom. The first-order valence-electron chi connectivity index (χ1n) is 7.69. The number of rotatable bonds is 2. The van der Waals surface area contributed by atoms with Gasteiger partial charge in [-0.1, -0.05) is 43.7 Å². The predicted octanol–water partition coefficient (Wildman–Crippen LogP) is 3.62. The van der Waals surface area contributed by atoms with E-state index >= 15 is 0 Å². The van der Waals surface area contributed by atoms with Crippen LogP contribution in [0.3, 0.4) is 0 Å². The number of nitrogens with one attached hydrogen (secondary N) is 1. The topological polar surface area (TPSA) is 87.7 Å². The number of carbonyl (C=O) groups is 1. The molecular formula is C16H23Cl2N3O2. The summed E-state index contributed by atoms with van der Waals surface area (Å²) in [7, 11) is 0. The van der Waals surface area contributed by atoms with Gasteiger partial charge in [-0.05, 0) is 31.0 Å². The predicted molar refractivity (Wildman–Crippen MR) is 95.6 cm³/mol. The van der Waals surface area contributed by atoms with Crippen LogP contribution in [0.1, 0.15) is 55.3 Å². The number of hydrogen-bond acceptors (Lipinski definition) is 3. The Labute approximate surface area is 147 Å². The average molecular weight is 360 g/mol.